The Hall–Kier alpha value is -2.33. The monoisotopic (exact) mass is 327 g/mol. The molecule has 0 aliphatic heterocycles. The molecule has 5 heteroatoms. The molecule has 0 saturated carbocycles. The molecule has 1 heterocycles. The smallest absolute Gasteiger partial charge is 0.224 e. The van der Waals surface area contributed by atoms with Gasteiger partial charge in [0.25, 0.3) is 0 Å². The van der Waals surface area contributed by atoms with Crippen LogP contribution in [0.5, 0.6) is 0 Å². The maximum absolute atomic E-state index is 12.0. The molecule has 23 heavy (non-hydrogen) atoms. The Labute approximate surface area is 140 Å². The van der Waals surface area contributed by atoms with Crippen molar-refractivity contribution in [3.8, 4) is 0 Å². The second-order valence-corrected chi connectivity index (χ2v) is 5.85. The largest absolute Gasteiger partial charge is 0.355 e. The van der Waals surface area contributed by atoms with E-state index in [2.05, 4.69) is 14.9 Å². The highest BCUT2D eigenvalue weighted by Crippen LogP contribution is 2.16. The van der Waals surface area contributed by atoms with Gasteiger partial charge in [0.2, 0.25) is 5.91 Å². The molecule has 118 valence electrons. The maximum Gasteiger partial charge on any atom is 0.224 e. The van der Waals surface area contributed by atoms with Crippen LogP contribution in [-0.4, -0.2) is 22.0 Å². The zero-order valence-electron chi connectivity index (χ0n) is 12.9. The minimum atomic E-state index is -0.0307. The highest BCUT2D eigenvalue weighted by atomic mass is 35.5. The highest BCUT2D eigenvalue weighted by Gasteiger charge is 2.09. The zero-order valence-corrected chi connectivity index (χ0v) is 13.7. The van der Waals surface area contributed by atoms with Crippen LogP contribution >= 0.6 is 11.6 Å². The molecule has 0 bridgehead atoms. The van der Waals surface area contributed by atoms with Crippen molar-refractivity contribution in [3.05, 3.63) is 64.9 Å². The van der Waals surface area contributed by atoms with E-state index in [9.17, 15) is 4.79 Å². The van der Waals surface area contributed by atoms with Crippen molar-refractivity contribution >= 4 is 28.5 Å². The Bertz CT molecular complexity index is 841. The number of nitrogens with zero attached hydrogens (tertiary/aromatic N) is 2. The highest BCUT2D eigenvalue weighted by molar-refractivity contribution is 6.31. The van der Waals surface area contributed by atoms with Gasteiger partial charge in [-0.1, -0.05) is 41.9 Å². The molecular weight excluding hydrogens is 310 g/mol. The summed E-state index contributed by atoms with van der Waals surface area (Å²) >= 11 is 6.07. The number of benzene rings is 2. The van der Waals surface area contributed by atoms with E-state index in [0.29, 0.717) is 24.4 Å². The number of halogens is 1. The summed E-state index contributed by atoms with van der Waals surface area (Å²) in [5.41, 5.74) is 2.92. The van der Waals surface area contributed by atoms with Crippen molar-refractivity contribution in [1.82, 2.24) is 14.9 Å². The number of hydrogen-bond donors (Lipinski definition) is 1. The van der Waals surface area contributed by atoms with Crippen molar-refractivity contribution in [2.45, 2.75) is 12.8 Å². The fourth-order valence-electron chi connectivity index (χ4n) is 2.61. The lowest BCUT2D eigenvalue weighted by atomic mass is 10.1. The lowest BCUT2D eigenvalue weighted by molar-refractivity contribution is -0.120. The normalized spacial score (nSPS) is 10.9. The Morgan fingerprint density at radius 3 is 2.70 bits per heavy atom. The first kappa shape index (κ1) is 15.6. The fraction of sp³-hybridized carbons (Fsp3) is 0.222. The predicted octanol–water partition coefficient (Wildman–Crippen LogP) is 3.13. The predicted molar refractivity (Wildman–Crippen MR) is 92.6 cm³/mol. The Morgan fingerprint density at radius 1 is 1.17 bits per heavy atom. The Kier molecular flexibility index (Phi) is 4.63. The molecule has 1 amide bonds. The average Bonchev–Trinajstić information content (AvgIpc) is 2.86. The summed E-state index contributed by atoms with van der Waals surface area (Å²) in [6.07, 6.45) is 0.988. The molecule has 3 rings (SSSR count). The molecule has 0 radical (unpaired) electrons. The third-order valence-corrected chi connectivity index (χ3v) is 4.23. The summed E-state index contributed by atoms with van der Waals surface area (Å²) in [6.45, 7) is 0.556. The first-order valence-electron chi connectivity index (χ1n) is 7.55. The number of imidazole rings is 1. The molecule has 0 aliphatic rings. The van der Waals surface area contributed by atoms with Gasteiger partial charge in [-0.2, -0.15) is 0 Å². The number of carbonyl (C=O) groups is 1. The summed E-state index contributed by atoms with van der Waals surface area (Å²) in [4.78, 5) is 16.6. The molecular formula is C18H18ClN3O. The van der Waals surface area contributed by atoms with Crippen LogP contribution in [0.25, 0.3) is 11.0 Å². The SMILES string of the molecule is Cn1c(CCNC(=O)Cc2ccccc2Cl)nc2ccccc21. The van der Waals surface area contributed by atoms with Gasteiger partial charge in [-0.05, 0) is 23.8 Å². The first-order chi connectivity index (χ1) is 11.1. The quantitative estimate of drug-likeness (QED) is 0.782. The van der Waals surface area contributed by atoms with Crippen LogP contribution in [-0.2, 0) is 24.7 Å². The van der Waals surface area contributed by atoms with Gasteiger partial charge in [0.05, 0.1) is 17.5 Å². The van der Waals surface area contributed by atoms with Crippen LogP contribution in [0.2, 0.25) is 5.02 Å². The van der Waals surface area contributed by atoms with Crippen molar-refractivity contribution < 1.29 is 4.79 Å². The molecule has 0 aliphatic carbocycles. The van der Waals surface area contributed by atoms with E-state index in [1.54, 1.807) is 6.07 Å². The minimum absolute atomic E-state index is 0.0307. The summed E-state index contributed by atoms with van der Waals surface area (Å²) in [5, 5.41) is 3.55. The zero-order chi connectivity index (χ0) is 16.2. The number of hydrogen-bond acceptors (Lipinski definition) is 2. The number of fused-ring (bicyclic) bond motifs is 1. The molecule has 0 atom stereocenters. The Balaban J connectivity index is 1.57. The van der Waals surface area contributed by atoms with E-state index in [0.717, 1.165) is 22.4 Å². The molecule has 1 N–H and O–H groups in total. The maximum atomic E-state index is 12.0. The van der Waals surface area contributed by atoms with Crippen LogP contribution < -0.4 is 5.32 Å². The van der Waals surface area contributed by atoms with Crippen molar-refractivity contribution in [2.75, 3.05) is 6.54 Å². The summed E-state index contributed by atoms with van der Waals surface area (Å²) in [7, 11) is 2.00. The van der Waals surface area contributed by atoms with Crippen LogP contribution in [0.3, 0.4) is 0 Å². The Morgan fingerprint density at radius 2 is 1.91 bits per heavy atom. The van der Waals surface area contributed by atoms with E-state index in [4.69, 9.17) is 11.6 Å². The third-order valence-electron chi connectivity index (χ3n) is 3.86. The topological polar surface area (TPSA) is 46.9 Å². The van der Waals surface area contributed by atoms with Crippen LogP contribution in [0.15, 0.2) is 48.5 Å². The van der Waals surface area contributed by atoms with Crippen molar-refractivity contribution in [2.24, 2.45) is 7.05 Å². The van der Waals surface area contributed by atoms with E-state index < -0.39 is 0 Å². The number of nitrogens with one attached hydrogen (secondary N) is 1. The number of aromatic nitrogens is 2. The number of aryl methyl sites for hydroxylation is 1. The standard InChI is InChI=1S/C18H18ClN3O/c1-22-16-9-5-4-8-15(16)21-17(22)10-11-20-18(23)12-13-6-2-3-7-14(13)19/h2-9H,10-12H2,1H3,(H,20,23). The van der Waals surface area contributed by atoms with Gasteiger partial charge < -0.3 is 9.88 Å². The molecule has 0 saturated heterocycles. The molecule has 3 aromatic rings. The lowest BCUT2D eigenvalue weighted by Crippen LogP contribution is -2.27. The molecule has 0 fully saturated rings. The van der Waals surface area contributed by atoms with E-state index in [1.165, 1.54) is 0 Å². The average molecular weight is 328 g/mol. The molecule has 4 nitrogen and oxygen atoms in total. The van der Waals surface area contributed by atoms with Gasteiger partial charge in [0.15, 0.2) is 0 Å². The van der Waals surface area contributed by atoms with Gasteiger partial charge in [-0.25, -0.2) is 4.98 Å². The van der Waals surface area contributed by atoms with Gasteiger partial charge in [-0.3, -0.25) is 4.79 Å². The van der Waals surface area contributed by atoms with Crippen molar-refractivity contribution in [3.63, 3.8) is 0 Å². The van der Waals surface area contributed by atoms with Gasteiger partial charge in [0.1, 0.15) is 5.82 Å². The first-order valence-corrected chi connectivity index (χ1v) is 7.93. The van der Waals surface area contributed by atoms with Crippen LogP contribution in [0.1, 0.15) is 11.4 Å². The molecule has 2 aromatic carbocycles. The minimum Gasteiger partial charge on any atom is -0.355 e. The number of rotatable bonds is 5. The van der Waals surface area contributed by atoms with Gasteiger partial charge in [0, 0.05) is 25.0 Å². The third kappa shape index (κ3) is 3.54. The van der Waals surface area contributed by atoms with Gasteiger partial charge >= 0.3 is 0 Å². The van der Waals surface area contributed by atoms with Crippen LogP contribution in [0.4, 0.5) is 0 Å². The lowest BCUT2D eigenvalue weighted by Gasteiger charge is -2.07. The second kappa shape index (κ2) is 6.84. The summed E-state index contributed by atoms with van der Waals surface area (Å²) in [6, 6.07) is 15.4. The summed E-state index contributed by atoms with van der Waals surface area (Å²) < 4.78 is 2.07. The molecule has 1 aromatic heterocycles. The molecule has 0 spiro atoms. The number of para-hydroxylation sites is 2. The number of carbonyl (C=O) groups excluding carboxylic acids is 1. The van der Waals surface area contributed by atoms with E-state index in [1.807, 2.05) is 49.5 Å². The summed E-state index contributed by atoms with van der Waals surface area (Å²) in [5.74, 6) is 0.932. The molecule has 0 unspecified atom stereocenters. The second-order valence-electron chi connectivity index (χ2n) is 5.44. The van der Waals surface area contributed by atoms with Crippen molar-refractivity contribution in [1.29, 1.82) is 0 Å². The van der Waals surface area contributed by atoms with E-state index in [-0.39, 0.29) is 5.91 Å². The van der Waals surface area contributed by atoms with E-state index >= 15 is 0 Å². The fourth-order valence-corrected chi connectivity index (χ4v) is 2.81. The van der Waals surface area contributed by atoms with Gasteiger partial charge in [-0.15, -0.1) is 0 Å². The van der Waals surface area contributed by atoms with Crippen LogP contribution in [0, 0.1) is 0 Å². The number of amides is 1.